The van der Waals surface area contributed by atoms with Gasteiger partial charge in [-0.2, -0.15) is 4.98 Å². The van der Waals surface area contributed by atoms with Crippen LogP contribution in [0.3, 0.4) is 0 Å². The Morgan fingerprint density at radius 2 is 2.26 bits per heavy atom. The summed E-state index contributed by atoms with van der Waals surface area (Å²) >= 11 is 0. The lowest BCUT2D eigenvalue weighted by Crippen LogP contribution is -2.49. The molecule has 0 bridgehead atoms. The largest absolute Gasteiger partial charge is 0.481 e. The van der Waals surface area contributed by atoms with E-state index in [1.807, 2.05) is 4.90 Å². The molecule has 1 N–H and O–H groups in total. The molecule has 7 heteroatoms. The third-order valence-electron chi connectivity index (χ3n) is 3.01. The van der Waals surface area contributed by atoms with Crippen molar-refractivity contribution in [1.82, 2.24) is 20.2 Å². The van der Waals surface area contributed by atoms with Gasteiger partial charge in [0.05, 0.1) is 13.7 Å². The number of methoxy groups -OCH3 is 1. The van der Waals surface area contributed by atoms with Crippen molar-refractivity contribution >= 4 is 11.9 Å². The molecule has 104 valence electrons. The molecule has 0 spiro atoms. The number of carbonyl (C=O) groups is 1. The Kier molecular flexibility index (Phi) is 4.51. The number of carbonyl (C=O) groups excluding carboxylic acids is 1. The van der Waals surface area contributed by atoms with Crippen LogP contribution in [-0.4, -0.2) is 67.7 Å². The second-order valence-electron chi connectivity index (χ2n) is 4.39. The molecule has 1 aliphatic rings. The number of nitrogens with one attached hydrogen (secondary N) is 1. The van der Waals surface area contributed by atoms with Crippen LogP contribution in [0.25, 0.3) is 0 Å². The van der Waals surface area contributed by atoms with Gasteiger partial charge in [-0.15, -0.1) is 0 Å². The minimum atomic E-state index is 0.0930. The van der Waals surface area contributed by atoms with Gasteiger partial charge >= 0.3 is 0 Å². The third kappa shape index (κ3) is 3.54. The van der Waals surface area contributed by atoms with Gasteiger partial charge in [0.15, 0.2) is 0 Å². The summed E-state index contributed by atoms with van der Waals surface area (Å²) in [6, 6.07) is 1.68. The van der Waals surface area contributed by atoms with Crippen LogP contribution in [0, 0.1) is 0 Å². The van der Waals surface area contributed by atoms with E-state index in [0.29, 0.717) is 11.8 Å². The quantitative estimate of drug-likeness (QED) is 0.780. The molecule has 2 heterocycles. The van der Waals surface area contributed by atoms with Crippen LogP contribution < -0.4 is 15.0 Å². The average Bonchev–Trinajstić information content (AvgIpc) is 2.48. The number of amides is 1. The standard InChI is InChI=1S/C12H19N5O2/c1-16(12-14-4-3-10(15-12)19-2)9-11(18)17-7-5-13-6-8-17/h3-4,13H,5-9H2,1-2H3. The van der Waals surface area contributed by atoms with Gasteiger partial charge in [0.2, 0.25) is 17.7 Å². The molecular formula is C12H19N5O2. The van der Waals surface area contributed by atoms with E-state index in [9.17, 15) is 4.79 Å². The third-order valence-corrected chi connectivity index (χ3v) is 3.01. The van der Waals surface area contributed by atoms with Crippen LogP contribution in [0.15, 0.2) is 12.3 Å². The van der Waals surface area contributed by atoms with Gasteiger partial charge in [-0.25, -0.2) is 4.98 Å². The van der Waals surface area contributed by atoms with Crippen molar-refractivity contribution < 1.29 is 9.53 Å². The Morgan fingerprint density at radius 1 is 1.53 bits per heavy atom. The number of hydrogen-bond acceptors (Lipinski definition) is 6. The Balaban J connectivity index is 1.95. The monoisotopic (exact) mass is 265 g/mol. The summed E-state index contributed by atoms with van der Waals surface area (Å²) in [4.78, 5) is 24.0. The maximum absolute atomic E-state index is 12.1. The molecule has 1 saturated heterocycles. The highest BCUT2D eigenvalue weighted by molar-refractivity contribution is 5.80. The van der Waals surface area contributed by atoms with Crippen LogP contribution in [0.1, 0.15) is 0 Å². The minimum Gasteiger partial charge on any atom is -0.481 e. The van der Waals surface area contributed by atoms with Gasteiger partial charge in [0.25, 0.3) is 0 Å². The average molecular weight is 265 g/mol. The molecule has 0 radical (unpaired) electrons. The van der Waals surface area contributed by atoms with Gasteiger partial charge < -0.3 is 19.9 Å². The SMILES string of the molecule is COc1ccnc(N(C)CC(=O)N2CCNCC2)n1. The summed E-state index contributed by atoms with van der Waals surface area (Å²) in [6.45, 7) is 3.49. The first-order valence-corrected chi connectivity index (χ1v) is 6.27. The summed E-state index contributed by atoms with van der Waals surface area (Å²) in [5, 5.41) is 3.22. The van der Waals surface area contributed by atoms with E-state index in [1.165, 1.54) is 0 Å². The summed E-state index contributed by atoms with van der Waals surface area (Å²) in [5.74, 6) is 1.07. The summed E-state index contributed by atoms with van der Waals surface area (Å²) in [7, 11) is 3.35. The Bertz CT molecular complexity index is 434. The highest BCUT2D eigenvalue weighted by Gasteiger charge is 2.18. The molecule has 0 unspecified atom stereocenters. The topological polar surface area (TPSA) is 70.6 Å². The van der Waals surface area contributed by atoms with Crippen molar-refractivity contribution in [1.29, 1.82) is 0 Å². The van der Waals surface area contributed by atoms with Gasteiger partial charge in [0.1, 0.15) is 0 Å². The highest BCUT2D eigenvalue weighted by atomic mass is 16.5. The van der Waals surface area contributed by atoms with E-state index < -0.39 is 0 Å². The first-order chi connectivity index (χ1) is 9.20. The molecule has 7 nitrogen and oxygen atoms in total. The van der Waals surface area contributed by atoms with Crippen molar-refractivity contribution in [2.75, 3.05) is 51.8 Å². The first kappa shape index (κ1) is 13.5. The second-order valence-corrected chi connectivity index (χ2v) is 4.39. The van der Waals surface area contributed by atoms with Gasteiger partial charge in [0, 0.05) is 45.5 Å². The number of nitrogens with zero attached hydrogens (tertiary/aromatic N) is 4. The van der Waals surface area contributed by atoms with Crippen LogP contribution >= 0.6 is 0 Å². The molecule has 1 aromatic heterocycles. The van der Waals surface area contributed by atoms with E-state index in [-0.39, 0.29) is 12.5 Å². The minimum absolute atomic E-state index is 0.0930. The second kappa shape index (κ2) is 6.33. The number of piperazine rings is 1. The van der Waals surface area contributed by atoms with Crippen LogP contribution in [-0.2, 0) is 4.79 Å². The molecule has 0 saturated carbocycles. The zero-order valence-electron chi connectivity index (χ0n) is 11.3. The number of anilines is 1. The van der Waals surface area contributed by atoms with Crippen molar-refractivity contribution in [3.05, 3.63) is 12.3 Å². The Morgan fingerprint density at radius 3 is 2.95 bits per heavy atom. The van der Waals surface area contributed by atoms with E-state index in [1.54, 1.807) is 31.3 Å². The van der Waals surface area contributed by atoms with Crippen molar-refractivity contribution in [3.8, 4) is 5.88 Å². The molecule has 1 aliphatic heterocycles. The van der Waals surface area contributed by atoms with Gasteiger partial charge in [-0.3, -0.25) is 4.79 Å². The molecule has 0 aromatic carbocycles. The number of rotatable bonds is 4. The lowest BCUT2D eigenvalue weighted by Gasteiger charge is -2.29. The fourth-order valence-electron chi connectivity index (χ4n) is 1.92. The van der Waals surface area contributed by atoms with E-state index >= 15 is 0 Å². The molecule has 1 aromatic rings. The first-order valence-electron chi connectivity index (χ1n) is 6.27. The van der Waals surface area contributed by atoms with E-state index in [0.717, 1.165) is 26.2 Å². The molecule has 19 heavy (non-hydrogen) atoms. The zero-order chi connectivity index (χ0) is 13.7. The number of likely N-dealkylation sites (N-methyl/N-ethyl adjacent to an activating group) is 1. The molecule has 1 fully saturated rings. The van der Waals surface area contributed by atoms with Gasteiger partial charge in [-0.05, 0) is 0 Å². The van der Waals surface area contributed by atoms with Crippen molar-refractivity contribution in [2.24, 2.45) is 0 Å². The lowest BCUT2D eigenvalue weighted by atomic mass is 10.3. The number of aromatic nitrogens is 2. The predicted octanol–water partition coefficient (Wildman–Crippen LogP) is -0.647. The van der Waals surface area contributed by atoms with Gasteiger partial charge in [-0.1, -0.05) is 0 Å². The fourth-order valence-corrected chi connectivity index (χ4v) is 1.92. The maximum atomic E-state index is 12.1. The number of hydrogen-bond donors (Lipinski definition) is 1. The summed E-state index contributed by atoms with van der Waals surface area (Å²) in [6.07, 6.45) is 1.62. The van der Waals surface area contributed by atoms with Crippen LogP contribution in [0.5, 0.6) is 5.88 Å². The Hall–Kier alpha value is -1.89. The lowest BCUT2D eigenvalue weighted by molar-refractivity contribution is -0.130. The predicted molar refractivity (Wildman–Crippen MR) is 71.3 cm³/mol. The fraction of sp³-hybridized carbons (Fsp3) is 0.583. The molecule has 1 amide bonds. The zero-order valence-corrected chi connectivity index (χ0v) is 11.3. The van der Waals surface area contributed by atoms with Crippen LogP contribution in [0.2, 0.25) is 0 Å². The number of ether oxygens (including phenoxy) is 1. The van der Waals surface area contributed by atoms with Crippen LogP contribution in [0.4, 0.5) is 5.95 Å². The highest BCUT2D eigenvalue weighted by Crippen LogP contribution is 2.10. The maximum Gasteiger partial charge on any atom is 0.242 e. The van der Waals surface area contributed by atoms with E-state index in [2.05, 4.69) is 15.3 Å². The molecular weight excluding hydrogens is 246 g/mol. The smallest absolute Gasteiger partial charge is 0.242 e. The summed E-state index contributed by atoms with van der Waals surface area (Å²) in [5.41, 5.74) is 0. The molecule has 0 aliphatic carbocycles. The Labute approximate surface area is 112 Å². The summed E-state index contributed by atoms with van der Waals surface area (Å²) < 4.78 is 5.04. The van der Waals surface area contributed by atoms with Crippen molar-refractivity contribution in [3.63, 3.8) is 0 Å². The molecule has 0 atom stereocenters. The van der Waals surface area contributed by atoms with E-state index in [4.69, 9.17) is 4.74 Å². The van der Waals surface area contributed by atoms with Crippen molar-refractivity contribution in [2.45, 2.75) is 0 Å². The normalized spacial score (nSPS) is 15.2. The molecule has 2 rings (SSSR count).